The molecule has 0 fully saturated rings. The summed E-state index contributed by atoms with van der Waals surface area (Å²) in [5, 5.41) is 0. The maximum atomic E-state index is 13.1. The minimum atomic E-state index is -0.836. The lowest BCUT2D eigenvalue weighted by Gasteiger charge is -2.03. The van der Waals surface area contributed by atoms with Crippen LogP contribution in [0.2, 0.25) is 0 Å². The zero-order chi connectivity index (χ0) is 10.0. The molecule has 1 rings (SSSR count). The minimum Gasteiger partial charge on any atom is -0.464 e. The van der Waals surface area contributed by atoms with Crippen LogP contribution < -0.4 is 5.73 Å². The third kappa shape index (κ3) is 1.74. The van der Waals surface area contributed by atoms with Crippen LogP contribution in [0.1, 0.15) is 16.2 Å². The van der Waals surface area contributed by atoms with Crippen molar-refractivity contribution >= 4 is 11.7 Å². The van der Waals surface area contributed by atoms with E-state index < -0.39 is 11.8 Å². The number of ether oxygens (including phenoxy) is 1. The van der Waals surface area contributed by atoms with Crippen LogP contribution in [0.4, 0.5) is 10.1 Å². The average molecular weight is 184 g/mol. The fourth-order valence-electron chi connectivity index (χ4n) is 0.915. The molecular formula is C8H9FN2O2. The van der Waals surface area contributed by atoms with E-state index in [2.05, 4.69) is 9.72 Å². The van der Waals surface area contributed by atoms with E-state index in [1.807, 2.05) is 0 Å². The Bertz CT molecular complexity index is 352. The molecule has 2 N–H and O–H groups in total. The second kappa shape index (κ2) is 3.38. The third-order valence-corrected chi connectivity index (χ3v) is 1.49. The Balaban J connectivity index is 3.28. The summed E-state index contributed by atoms with van der Waals surface area (Å²) >= 11 is 0. The van der Waals surface area contributed by atoms with E-state index in [-0.39, 0.29) is 11.4 Å². The molecule has 0 aliphatic carbocycles. The molecule has 1 aromatic rings. The lowest BCUT2D eigenvalue weighted by molar-refractivity contribution is 0.0588. The summed E-state index contributed by atoms with van der Waals surface area (Å²) in [6.45, 7) is 1.61. The van der Waals surface area contributed by atoms with Crippen LogP contribution in [0.15, 0.2) is 6.07 Å². The second-order valence-electron chi connectivity index (χ2n) is 2.51. The molecule has 4 nitrogen and oxygen atoms in total. The number of nitrogen functional groups attached to an aromatic ring is 1. The number of methoxy groups -OCH3 is 1. The zero-order valence-electron chi connectivity index (χ0n) is 7.30. The van der Waals surface area contributed by atoms with Gasteiger partial charge in [-0.25, -0.2) is 14.2 Å². The Kier molecular flexibility index (Phi) is 2.46. The van der Waals surface area contributed by atoms with Gasteiger partial charge in [0, 0.05) is 5.69 Å². The molecule has 0 unspecified atom stereocenters. The van der Waals surface area contributed by atoms with Crippen LogP contribution in [0.25, 0.3) is 0 Å². The summed E-state index contributed by atoms with van der Waals surface area (Å²) in [4.78, 5) is 14.6. The predicted molar refractivity (Wildman–Crippen MR) is 44.7 cm³/mol. The second-order valence-corrected chi connectivity index (χ2v) is 2.51. The normalized spacial score (nSPS) is 9.77. The zero-order valence-corrected chi connectivity index (χ0v) is 7.30. The Hall–Kier alpha value is -1.65. The largest absolute Gasteiger partial charge is 0.464 e. The molecule has 0 radical (unpaired) electrons. The monoisotopic (exact) mass is 184 g/mol. The van der Waals surface area contributed by atoms with Crippen molar-refractivity contribution in [2.24, 2.45) is 0 Å². The first-order chi connectivity index (χ1) is 6.06. The standard InChI is InChI=1S/C8H9FN2O2/c1-4-3-5(10)6(9)7(11-4)8(12)13-2/h3H,1-2H3,(H2,10,11). The highest BCUT2D eigenvalue weighted by atomic mass is 19.1. The maximum absolute atomic E-state index is 13.1. The van der Waals surface area contributed by atoms with Gasteiger partial charge in [0.1, 0.15) is 0 Å². The van der Waals surface area contributed by atoms with Crippen LogP contribution in [0, 0.1) is 12.7 Å². The van der Waals surface area contributed by atoms with E-state index >= 15 is 0 Å². The van der Waals surface area contributed by atoms with Gasteiger partial charge < -0.3 is 10.5 Å². The van der Waals surface area contributed by atoms with E-state index in [4.69, 9.17) is 5.73 Å². The molecule has 1 heterocycles. The van der Waals surface area contributed by atoms with Gasteiger partial charge in [-0.1, -0.05) is 0 Å². The Morgan fingerprint density at radius 2 is 2.31 bits per heavy atom. The molecule has 1 aromatic heterocycles. The summed E-state index contributed by atoms with van der Waals surface area (Å²) in [5.41, 5.74) is 5.28. The molecule has 0 aliphatic rings. The molecule has 0 saturated carbocycles. The van der Waals surface area contributed by atoms with Crippen LogP contribution in [0.3, 0.4) is 0 Å². The molecule has 5 heteroatoms. The highest BCUT2D eigenvalue weighted by Gasteiger charge is 2.16. The molecule has 70 valence electrons. The Morgan fingerprint density at radius 3 is 2.85 bits per heavy atom. The molecule has 0 spiro atoms. The van der Waals surface area contributed by atoms with E-state index in [0.29, 0.717) is 5.69 Å². The van der Waals surface area contributed by atoms with Gasteiger partial charge in [0.05, 0.1) is 12.8 Å². The van der Waals surface area contributed by atoms with E-state index in [0.717, 1.165) is 7.11 Å². The molecule has 0 aromatic carbocycles. The van der Waals surface area contributed by atoms with E-state index in [1.165, 1.54) is 6.07 Å². The van der Waals surface area contributed by atoms with Gasteiger partial charge in [0.15, 0.2) is 11.5 Å². The summed E-state index contributed by atoms with van der Waals surface area (Å²) < 4.78 is 17.5. The molecule has 0 saturated heterocycles. The highest BCUT2D eigenvalue weighted by Crippen LogP contribution is 2.14. The number of esters is 1. The molecule has 13 heavy (non-hydrogen) atoms. The quantitative estimate of drug-likeness (QED) is 0.658. The van der Waals surface area contributed by atoms with Crippen molar-refractivity contribution in [3.8, 4) is 0 Å². The number of pyridine rings is 1. The van der Waals surface area contributed by atoms with Crippen LogP contribution >= 0.6 is 0 Å². The van der Waals surface area contributed by atoms with Crippen LogP contribution in [-0.2, 0) is 4.74 Å². The van der Waals surface area contributed by atoms with Crippen molar-refractivity contribution in [3.63, 3.8) is 0 Å². The number of carbonyl (C=O) groups is 1. The van der Waals surface area contributed by atoms with Gasteiger partial charge in [-0.3, -0.25) is 0 Å². The van der Waals surface area contributed by atoms with Crippen molar-refractivity contribution in [1.29, 1.82) is 0 Å². The number of halogens is 1. The van der Waals surface area contributed by atoms with Crippen molar-refractivity contribution in [3.05, 3.63) is 23.3 Å². The number of aromatic nitrogens is 1. The Morgan fingerprint density at radius 1 is 1.69 bits per heavy atom. The first kappa shape index (κ1) is 9.44. The predicted octanol–water partition coefficient (Wildman–Crippen LogP) is 0.898. The molecule has 0 atom stereocenters. The smallest absolute Gasteiger partial charge is 0.359 e. The summed E-state index contributed by atoms with van der Waals surface area (Å²) in [7, 11) is 1.15. The highest BCUT2D eigenvalue weighted by molar-refractivity contribution is 5.88. The van der Waals surface area contributed by atoms with Gasteiger partial charge in [0.2, 0.25) is 0 Å². The average Bonchev–Trinajstić information content (AvgIpc) is 2.10. The van der Waals surface area contributed by atoms with Crippen molar-refractivity contribution in [2.45, 2.75) is 6.92 Å². The minimum absolute atomic E-state index is 0.104. The fraction of sp³-hybridized carbons (Fsp3) is 0.250. The van der Waals surface area contributed by atoms with Gasteiger partial charge >= 0.3 is 5.97 Å². The molecule has 0 bridgehead atoms. The van der Waals surface area contributed by atoms with E-state index in [9.17, 15) is 9.18 Å². The number of carbonyl (C=O) groups excluding carboxylic acids is 1. The number of hydrogen-bond donors (Lipinski definition) is 1. The van der Waals surface area contributed by atoms with E-state index in [1.54, 1.807) is 6.92 Å². The van der Waals surface area contributed by atoms with Crippen molar-refractivity contribution in [1.82, 2.24) is 4.98 Å². The first-order valence-electron chi connectivity index (χ1n) is 3.57. The Labute approximate surface area is 74.5 Å². The number of aryl methyl sites for hydroxylation is 1. The summed E-state index contributed by atoms with van der Waals surface area (Å²) in [6, 6.07) is 1.35. The SMILES string of the molecule is COC(=O)c1nc(C)cc(N)c1F. The summed E-state index contributed by atoms with van der Waals surface area (Å²) in [5.74, 6) is -1.66. The summed E-state index contributed by atoms with van der Waals surface area (Å²) in [6.07, 6.45) is 0. The number of nitrogens with two attached hydrogens (primary N) is 1. The molecular weight excluding hydrogens is 175 g/mol. The molecule has 0 amide bonds. The lowest BCUT2D eigenvalue weighted by atomic mass is 10.2. The number of nitrogens with zero attached hydrogens (tertiary/aromatic N) is 1. The van der Waals surface area contributed by atoms with Gasteiger partial charge in [-0.2, -0.15) is 0 Å². The van der Waals surface area contributed by atoms with Crippen LogP contribution in [-0.4, -0.2) is 18.1 Å². The molecule has 0 aliphatic heterocycles. The number of rotatable bonds is 1. The first-order valence-corrected chi connectivity index (χ1v) is 3.57. The topological polar surface area (TPSA) is 65.2 Å². The lowest BCUT2D eigenvalue weighted by Crippen LogP contribution is -2.10. The third-order valence-electron chi connectivity index (χ3n) is 1.49. The van der Waals surface area contributed by atoms with Crippen molar-refractivity contribution in [2.75, 3.05) is 12.8 Å². The van der Waals surface area contributed by atoms with Gasteiger partial charge in [-0.15, -0.1) is 0 Å². The number of anilines is 1. The maximum Gasteiger partial charge on any atom is 0.359 e. The van der Waals surface area contributed by atoms with Crippen molar-refractivity contribution < 1.29 is 13.9 Å². The van der Waals surface area contributed by atoms with Crippen LogP contribution in [0.5, 0.6) is 0 Å². The fourth-order valence-corrected chi connectivity index (χ4v) is 0.915. The van der Waals surface area contributed by atoms with Gasteiger partial charge in [-0.05, 0) is 13.0 Å². The van der Waals surface area contributed by atoms with Gasteiger partial charge in [0.25, 0.3) is 0 Å². The number of hydrogen-bond acceptors (Lipinski definition) is 4.